The molecule has 74 valence electrons. The molecule has 0 atom stereocenters. The van der Waals surface area contributed by atoms with Crippen molar-refractivity contribution in [1.82, 2.24) is 0 Å². The maximum absolute atomic E-state index is 10.7. The Balaban J connectivity index is 3.06. The first-order valence-electron chi connectivity index (χ1n) is 4.46. The third-order valence-electron chi connectivity index (χ3n) is 1.73. The van der Waals surface area contributed by atoms with Crippen molar-refractivity contribution in [3.63, 3.8) is 0 Å². The molecule has 0 saturated heterocycles. The predicted molar refractivity (Wildman–Crippen MR) is 56.4 cm³/mol. The Morgan fingerprint density at radius 1 is 1.31 bits per heavy atom. The van der Waals surface area contributed by atoms with Gasteiger partial charge in [0.05, 0.1) is 7.11 Å². The third kappa shape index (κ3) is 9.42. The second-order valence-electron chi connectivity index (χ2n) is 2.76. The summed E-state index contributed by atoms with van der Waals surface area (Å²) in [7, 11) is 1.42. The molecule has 0 aliphatic heterocycles. The van der Waals surface area contributed by atoms with Gasteiger partial charge in [-0.3, -0.25) is 4.79 Å². The molecule has 0 bridgehead atoms. The van der Waals surface area contributed by atoms with Gasteiger partial charge in [0.25, 0.3) is 0 Å². The number of ether oxygens (including phenoxy) is 1. The maximum Gasteiger partial charge on any atom is 0.305 e. The van der Waals surface area contributed by atoms with Crippen molar-refractivity contribution in [1.29, 1.82) is 0 Å². The van der Waals surface area contributed by atoms with Crippen LogP contribution in [0, 0.1) is 10.8 Å². The lowest BCUT2D eigenvalue weighted by Gasteiger charge is -1.98. The van der Waals surface area contributed by atoms with Crippen LogP contribution < -0.4 is 0 Å². The Kier molecular flexibility index (Phi) is 9.24. The molecule has 0 aromatic rings. The van der Waals surface area contributed by atoms with Gasteiger partial charge in [-0.2, -0.15) is 0 Å². The lowest BCUT2D eigenvalue weighted by atomic mass is 10.1. The molecular formula is C10H15BrO2. The first-order valence-corrected chi connectivity index (χ1v) is 5.26. The number of halogens is 1. The van der Waals surface area contributed by atoms with Crippen LogP contribution in [0.25, 0.3) is 0 Å². The first-order chi connectivity index (χ1) is 6.31. The highest BCUT2D eigenvalue weighted by Crippen LogP contribution is 2.05. The van der Waals surface area contributed by atoms with Gasteiger partial charge in [0.15, 0.2) is 0 Å². The summed E-state index contributed by atoms with van der Waals surface area (Å²) in [5, 5.41) is 0. The molecule has 0 saturated carbocycles. The van der Waals surface area contributed by atoms with Gasteiger partial charge in [-0.1, -0.05) is 18.8 Å². The van der Waals surface area contributed by atoms with Crippen LogP contribution in [-0.2, 0) is 9.53 Å². The topological polar surface area (TPSA) is 26.3 Å². The summed E-state index contributed by atoms with van der Waals surface area (Å²) in [5.41, 5.74) is 0. The zero-order valence-corrected chi connectivity index (χ0v) is 9.52. The zero-order chi connectivity index (χ0) is 9.94. The minimum Gasteiger partial charge on any atom is -0.469 e. The van der Waals surface area contributed by atoms with Crippen LogP contribution in [0.3, 0.4) is 0 Å². The van der Waals surface area contributed by atoms with E-state index in [1.807, 2.05) is 0 Å². The molecule has 0 rings (SSSR count). The predicted octanol–water partition coefficient (Wildman–Crippen LogP) is 2.86. The van der Waals surface area contributed by atoms with Gasteiger partial charge in [-0.25, -0.2) is 0 Å². The fourth-order valence-electron chi connectivity index (χ4n) is 0.986. The number of unbranched alkanes of at least 4 members (excludes halogenated alkanes) is 4. The Morgan fingerprint density at radius 2 is 2.00 bits per heavy atom. The normalized spacial score (nSPS) is 8.77. The summed E-state index contributed by atoms with van der Waals surface area (Å²) < 4.78 is 4.53. The number of carbonyl (C=O) groups excluding carboxylic acids is 1. The van der Waals surface area contributed by atoms with Gasteiger partial charge in [0.1, 0.15) is 0 Å². The van der Waals surface area contributed by atoms with Crippen LogP contribution in [0.4, 0.5) is 0 Å². The van der Waals surface area contributed by atoms with Gasteiger partial charge in [0, 0.05) is 28.8 Å². The molecule has 0 aliphatic carbocycles. The monoisotopic (exact) mass is 246 g/mol. The van der Waals surface area contributed by atoms with Crippen molar-refractivity contribution in [2.45, 2.75) is 38.5 Å². The molecule has 3 heteroatoms. The minimum atomic E-state index is -0.111. The first kappa shape index (κ1) is 12.5. The summed E-state index contributed by atoms with van der Waals surface area (Å²) in [6, 6.07) is 0. The second-order valence-corrected chi connectivity index (χ2v) is 3.16. The smallest absolute Gasteiger partial charge is 0.305 e. The van der Waals surface area contributed by atoms with E-state index in [-0.39, 0.29) is 5.97 Å². The van der Waals surface area contributed by atoms with Crippen LogP contribution >= 0.6 is 15.9 Å². The van der Waals surface area contributed by atoms with E-state index in [4.69, 9.17) is 0 Å². The van der Waals surface area contributed by atoms with Crippen molar-refractivity contribution in [2.24, 2.45) is 0 Å². The Morgan fingerprint density at radius 3 is 2.62 bits per heavy atom. The van der Waals surface area contributed by atoms with Crippen molar-refractivity contribution in [3.05, 3.63) is 0 Å². The van der Waals surface area contributed by atoms with Crippen LogP contribution in [-0.4, -0.2) is 13.1 Å². The molecule has 13 heavy (non-hydrogen) atoms. The number of carbonyl (C=O) groups is 1. The molecule has 0 amide bonds. The van der Waals surface area contributed by atoms with Gasteiger partial charge < -0.3 is 4.74 Å². The lowest BCUT2D eigenvalue weighted by Crippen LogP contribution is -1.98. The molecule has 0 N–H and O–H groups in total. The lowest BCUT2D eigenvalue weighted by molar-refractivity contribution is -0.140. The van der Waals surface area contributed by atoms with E-state index in [2.05, 4.69) is 31.4 Å². The van der Waals surface area contributed by atoms with Crippen molar-refractivity contribution >= 4 is 21.9 Å². The molecule has 0 spiro atoms. The third-order valence-corrected chi connectivity index (χ3v) is 2.01. The SMILES string of the molecule is COC(=O)CCCCCCC#CBr. The van der Waals surface area contributed by atoms with E-state index in [1.165, 1.54) is 7.11 Å². The fourth-order valence-corrected chi connectivity index (χ4v) is 1.18. The average molecular weight is 247 g/mol. The van der Waals surface area contributed by atoms with Gasteiger partial charge in [-0.15, -0.1) is 0 Å². The molecule has 0 aromatic heterocycles. The zero-order valence-electron chi connectivity index (χ0n) is 7.94. The van der Waals surface area contributed by atoms with Gasteiger partial charge in [0.2, 0.25) is 0 Å². The van der Waals surface area contributed by atoms with Crippen molar-refractivity contribution < 1.29 is 9.53 Å². The summed E-state index contributed by atoms with van der Waals surface area (Å²) in [6.45, 7) is 0. The summed E-state index contributed by atoms with van der Waals surface area (Å²) >= 11 is 3.04. The number of hydrogen-bond acceptors (Lipinski definition) is 2. The minimum absolute atomic E-state index is 0.111. The van der Waals surface area contributed by atoms with E-state index < -0.39 is 0 Å². The van der Waals surface area contributed by atoms with Crippen LogP contribution in [0.2, 0.25) is 0 Å². The van der Waals surface area contributed by atoms with Gasteiger partial charge >= 0.3 is 5.97 Å². The highest BCUT2D eigenvalue weighted by molar-refractivity contribution is 9.12. The molecule has 0 radical (unpaired) electrons. The molecule has 0 unspecified atom stereocenters. The molecule has 0 heterocycles. The highest BCUT2D eigenvalue weighted by atomic mass is 79.9. The van der Waals surface area contributed by atoms with Crippen LogP contribution in [0.1, 0.15) is 38.5 Å². The van der Waals surface area contributed by atoms with E-state index in [0.717, 1.165) is 32.1 Å². The number of hydrogen-bond donors (Lipinski definition) is 0. The van der Waals surface area contributed by atoms with E-state index in [9.17, 15) is 4.79 Å². The van der Waals surface area contributed by atoms with E-state index >= 15 is 0 Å². The summed E-state index contributed by atoms with van der Waals surface area (Å²) in [5.74, 6) is 2.82. The fraction of sp³-hybridized carbons (Fsp3) is 0.700. The number of rotatable bonds is 6. The number of methoxy groups -OCH3 is 1. The highest BCUT2D eigenvalue weighted by Gasteiger charge is 1.98. The Hall–Kier alpha value is -0.490. The molecule has 0 aliphatic rings. The Labute approximate surface area is 88.2 Å². The van der Waals surface area contributed by atoms with Crippen LogP contribution in [0.15, 0.2) is 0 Å². The quantitative estimate of drug-likeness (QED) is 0.410. The standard InChI is InChI=1S/C10H15BrO2/c1-13-10(12)8-6-4-2-3-5-7-9-11/h2-6,8H2,1H3. The average Bonchev–Trinajstić information content (AvgIpc) is 2.16. The van der Waals surface area contributed by atoms with E-state index in [1.54, 1.807) is 0 Å². The van der Waals surface area contributed by atoms with Crippen molar-refractivity contribution in [2.75, 3.05) is 7.11 Å². The summed E-state index contributed by atoms with van der Waals surface area (Å²) in [6.07, 6.45) is 5.73. The second kappa shape index (κ2) is 9.60. The number of esters is 1. The van der Waals surface area contributed by atoms with Crippen molar-refractivity contribution in [3.8, 4) is 10.8 Å². The largest absolute Gasteiger partial charge is 0.469 e. The van der Waals surface area contributed by atoms with Crippen LogP contribution in [0.5, 0.6) is 0 Å². The van der Waals surface area contributed by atoms with E-state index in [0.29, 0.717) is 6.42 Å². The maximum atomic E-state index is 10.7. The Bertz CT molecular complexity index is 191. The summed E-state index contributed by atoms with van der Waals surface area (Å²) in [4.78, 5) is 13.4. The van der Waals surface area contributed by atoms with Gasteiger partial charge in [-0.05, 0) is 17.7 Å². The molecule has 0 fully saturated rings. The molecular weight excluding hydrogens is 232 g/mol. The molecule has 0 aromatic carbocycles. The molecule has 2 nitrogen and oxygen atoms in total.